The van der Waals surface area contributed by atoms with E-state index in [1.165, 1.54) is 0 Å². The molecule has 0 bridgehead atoms. The number of rotatable bonds is 2. The zero-order chi connectivity index (χ0) is 14.8. The Morgan fingerprint density at radius 3 is 2.48 bits per heavy atom. The highest BCUT2D eigenvalue weighted by Crippen LogP contribution is 2.28. The van der Waals surface area contributed by atoms with Crippen LogP contribution in [0.5, 0.6) is 0 Å². The van der Waals surface area contributed by atoms with Gasteiger partial charge in [0.1, 0.15) is 0 Å². The third-order valence-electron chi connectivity index (χ3n) is 3.63. The van der Waals surface area contributed by atoms with Gasteiger partial charge in [0.15, 0.2) is 5.13 Å². The van der Waals surface area contributed by atoms with Crippen LogP contribution in [0, 0.1) is 0 Å². The molecule has 0 atom stereocenters. The van der Waals surface area contributed by atoms with Crippen molar-refractivity contribution in [2.45, 2.75) is 6.92 Å². The smallest absolute Gasteiger partial charge is 0.219 e. The van der Waals surface area contributed by atoms with Crippen LogP contribution in [0.25, 0.3) is 11.3 Å². The fraction of sp³-hybridized carbons (Fsp3) is 0.333. The second-order valence-corrected chi connectivity index (χ2v) is 6.29. The van der Waals surface area contributed by atoms with Crippen LogP contribution in [-0.2, 0) is 4.79 Å². The van der Waals surface area contributed by atoms with Crippen molar-refractivity contribution in [3.63, 3.8) is 0 Å². The number of thiazole rings is 1. The third kappa shape index (κ3) is 3.19. The lowest BCUT2D eigenvalue weighted by atomic mass is 10.2. The van der Waals surface area contributed by atoms with Gasteiger partial charge < -0.3 is 9.80 Å². The molecule has 6 heteroatoms. The fourth-order valence-electron chi connectivity index (χ4n) is 2.38. The molecule has 1 aromatic heterocycles. The van der Waals surface area contributed by atoms with Gasteiger partial charge in [-0.1, -0.05) is 23.7 Å². The minimum atomic E-state index is 0.149. The maximum Gasteiger partial charge on any atom is 0.219 e. The maximum absolute atomic E-state index is 11.3. The van der Waals surface area contributed by atoms with Gasteiger partial charge in [-0.15, -0.1) is 11.3 Å². The topological polar surface area (TPSA) is 36.4 Å². The molecule has 0 spiro atoms. The predicted molar refractivity (Wildman–Crippen MR) is 87.0 cm³/mol. The van der Waals surface area contributed by atoms with Gasteiger partial charge in [-0.2, -0.15) is 0 Å². The molecule has 0 N–H and O–H groups in total. The first kappa shape index (κ1) is 14.4. The number of carbonyl (C=O) groups is 1. The Morgan fingerprint density at radius 1 is 1.19 bits per heavy atom. The van der Waals surface area contributed by atoms with Crippen LogP contribution < -0.4 is 4.90 Å². The number of nitrogens with zero attached hydrogens (tertiary/aromatic N) is 3. The molecular weight excluding hydrogens is 306 g/mol. The summed E-state index contributed by atoms with van der Waals surface area (Å²) in [6.45, 7) is 4.84. The van der Waals surface area contributed by atoms with Crippen molar-refractivity contribution in [3.05, 3.63) is 34.7 Å². The van der Waals surface area contributed by atoms with Crippen LogP contribution in [0.15, 0.2) is 29.6 Å². The van der Waals surface area contributed by atoms with Crippen LogP contribution in [0.4, 0.5) is 5.13 Å². The first-order chi connectivity index (χ1) is 10.1. The first-order valence-electron chi connectivity index (χ1n) is 6.85. The van der Waals surface area contributed by atoms with Crippen molar-refractivity contribution < 1.29 is 4.79 Å². The Balaban J connectivity index is 1.71. The molecule has 1 aliphatic rings. The third-order valence-corrected chi connectivity index (χ3v) is 4.78. The van der Waals surface area contributed by atoms with E-state index in [0.29, 0.717) is 0 Å². The highest BCUT2D eigenvalue weighted by Gasteiger charge is 2.20. The Bertz CT molecular complexity index is 633. The van der Waals surface area contributed by atoms with E-state index in [4.69, 9.17) is 16.6 Å². The number of anilines is 1. The van der Waals surface area contributed by atoms with Gasteiger partial charge >= 0.3 is 0 Å². The average molecular weight is 322 g/mol. The van der Waals surface area contributed by atoms with Gasteiger partial charge in [0.25, 0.3) is 0 Å². The molecule has 1 aliphatic heterocycles. The van der Waals surface area contributed by atoms with Gasteiger partial charge in [0.2, 0.25) is 5.91 Å². The zero-order valence-corrected chi connectivity index (χ0v) is 13.3. The number of amides is 1. The normalized spacial score (nSPS) is 15.3. The summed E-state index contributed by atoms with van der Waals surface area (Å²) in [5, 5.41) is 3.81. The Hall–Kier alpha value is -1.59. The van der Waals surface area contributed by atoms with Crippen LogP contribution in [0.1, 0.15) is 6.92 Å². The molecule has 0 aliphatic carbocycles. The minimum Gasteiger partial charge on any atom is -0.345 e. The van der Waals surface area contributed by atoms with Gasteiger partial charge in [-0.05, 0) is 12.1 Å². The van der Waals surface area contributed by atoms with Crippen molar-refractivity contribution in [2.24, 2.45) is 0 Å². The molecule has 0 unspecified atom stereocenters. The summed E-state index contributed by atoms with van der Waals surface area (Å²) in [6, 6.07) is 7.72. The van der Waals surface area contributed by atoms with Gasteiger partial charge in [-0.25, -0.2) is 4.98 Å². The molecular formula is C15H16ClN3OS. The number of hydrogen-bond donors (Lipinski definition) is 0. The molecule has 1 aromatic carbocycles. The number of halogens is 1. The molecule has 4 nitrogen and oxygen atoms in total. The van der Waals surface area contributed by atoms with E-state index in [9.17, 15) is 4.79 Å². The number of hydrogen-bond acceptors (Lipinski definition) is 4. The molecule has 3 rings (SSSR count). The molecule has 1 saturated heterocycles. The Kier molecular flexibility index (Phi) is 4.12. The summed E-state index contributed by atoms with van der Waals surface area (Å²) in [6.07, 6.45) is 0. The van der Waals surface area contributed by atoms with E-state index < -0.39 is 0 Å². The molecule has 110 valence electrons. The van der Waals surface area contributed by atoms with E-state index in [1.807, 2.05) is 29.2 Å². The van der Waals surface area contributed by atoms with Crippen LogP contribution in [-0.4, -0.2) is 42.0 Å². The van der Waals surface area contributed by atoms with Crippen LogP contribution in [0.3, 0.4) is 0 Å². The summed E-state index contributed by atoms with van der Waals surface area (Å²) in [7, 11) is 0. The molecule has 0 radical (unpaired) electrons. The highest BCUT2D eigenvalue weighted by atomic mass is 35.5. The molecule has 1 fully saturated rings. The van der Waals surface area contributed by atoms with Crippen molar-refractivity contribution in [3.8, 4) is 11.3 Å². The zero-order valence-electron chi connectivity index (χ0n) is 11.8. The molecule has 1 amide bonds. The summed E-state index contributed by atoms with van der Waals surface area (Å²) in [5.41, 5.74) is 2.05. The minimum absolute atomic E-state index is 0.149. The molecule has 21 heavy (non-hydrogen) atoms. The Labute approximate surface area is 133 Å². The van der Waals surface area contributed by atoms with E-state index in [0.717, 1.165) is 47.6 Å². The van der Waals surface area contributed by atoms with Gasteiger partial charge in [0, 0.05) is 49.1 Å². The second-order valence-electron chi connectivity index (χ2n) is 5.02. The summed E-state index contributed by atoms with van der Waals surface area (Å²) in [5.74, 6) is 0.149. The lowest BCUT2D eigenvalue weighted by Crippen LogP contribution is -2.48. The average Bonchev–Trinajstić information content (AvgIpc) is 2.98. The van der Waals surface area contributed by atoms with Gasteiger partial charge in [0.05, 0.1) is 5.69 Å². The number of aromatic nitrogens is 1. The maximum atomic E-state index is 11.3. The van der Waals surface area contributed by atoms with Crippen molar-refractivity contribution in [2.75, 3.05) is 31.1 Å². The first-order valence-corrected chi connectivity index (χ1v) is 8.11. The van der Waals surface area contributed by atoms with Crippen molar-refractivity contribution >= 4 is 34.0 Å². The summed E-state index contributed by atoms with van der Waals surface area (Å²) < 4.78 is 0. The quantitative estimate of drug-likeness (QED) is 0.852. The SMILES string of the molecule is CC(=O)N1CCN(c2nc(-c3ccc(Cl)cc3)cs2)CC1. The van der Waals surface area contributed by atoms with Crippen molar-refractivity contribution in [1.82, 2.24) is 9.88 Å². The van der Waals surface area contributed by atoms with E-state index in [2.05, 4.69) is 10.3 Å². The predicted octanol–water partition coefficient (Wildman–Crippen LogP) is 3.13. The monoisotopic (exact) mass is 321 g/mol. The number of piperazine rings is 1. The molecule has 0 saturated carbocycles. The highest BCUT2D eigenvalue weighted by molar-refractivity contribution is 7.14. The van der Waals surface area contributed by atoms with Crippen molar-refractivity contribution in [1.29, 1.82) is 0 Å². The largest absolute Gasteiger partial charge is 0.345 e. The lowest BCUT2D eigenvalue weighted by Gasteiger charge is -2.33. The lowest BCUT2D eigenvalue weighted by molar-refractivity contribution is -0.129. The Morgan fingerprint density at radius 2 is 1.86 bits per heavy atom. The fourth-order valence-corrected chi connectivity index (χ4v) is 3.39. The number of benzene rings is 1. The van der Waals surface area contributed by atoms with Crippen LogP contribution in [0.2, 0.25) is 5.02 Å². The molecule has 2 aromatic rings. The standard InChI is InChI=1S/C15H16ClN3OS/c1-11(20)18-6-8-19(9-7-18)15-17-14(10-21-15)12-2-4-13(16)5-3-12/h2-5,10H,6-9H2,1H3. The van der Waals surface area contributed by atoms with Crippen LogP contribution >= 0.6 is 22.9 Å². The van der Waals surface area contributed by atoms with E-state index in [1.54, 1.807) is 18.3 Å². The second kappa shape index (κ2) is 6.03. The summed E-state index contributed by atoms with van der Waals surface area (Å²) >= 11 is 7.55. The summed E-state index contributed by atoms with van der Waals surface area (Å²) in [4.78, 5) is 20.2. The number of carbonyl (C=O) groups excluding carboxylic acids is 1. The van der Waals surface area contributed by atoms with Gasteiger partial charge in [-0.3, -0.25) is 4.79 Å². The van der Waals surface area contributed by atoms with E-state index >= 15 is 0 Å². The molecule has 2 heterocycles. The van der Waals surface area contributed by atoms with E-state index in [-0.39, 0.29) is 5.91 Å².